The Morgan fingerprint density at radius 3 is 2.32 bits per heavy atom. The molecular weight excluding hydrogens is 305 g/mol. The number of halogens is 2. The molecule has 0 aliphatic heterocycles. The highest BCUT2D eigenvalue weighted by atomic mass is 35.5. The molecule has 0 atom stereocenters. The molecule has 19 heavy (non-hydrogen) atoms. The Hall–Kier alpha value is -1.24. The lowest BCUT2D eigenvalue weighted by Crippen LogP contribution is -2.06. The van der Waals surface area contributed by atoms with E-state index in [2.05, 4.69) is 15.0 Å². The first-order valence-electron chi connectivity index (χ1n) is 5.32. The molecule has 0 fully saturated rings. The van der Waals surface area contributed by atoms with Gasteiger partial charge in [-0.05, 0) is 17.7 Å². The van der Waals surface area contributed by atoms with Crippen LogP contribution in [0.3, 0.4) is 0 Å². The van der Waals surface area contributed by atoms with Crippen molar-refractivity contribution in [2.45, 2.75) is 11.5 Å². The molecule has 0 spiro atoms. The lowest BCUT2D eigenvalue weighted by Gasteiger charge is -2.05. The third-order valence-electron chi connectivity index (χ3n) is 2.22. The fourth-order valence-corrected chi connectivity index (χ4v) is 2.85. The lowest BCUT2D eigenvalue weighted by molar-refractivity contribution is 0.987. The summed E-state index contributed by atoms with van der Waals surface area (Å²) >= 11 is 13.5. The van der Waals surface area contributed by atoms with Crippen molar-refractivity contribution in [1.29, 1.82) is 0 Å². The number of nitrogen functional groups attached to an aromatic ring is 2. The van der Waals surface area contributed by atoms with Gasteiger partial charge in [-0.3, -0.25) is 0 Å². The molecule has 2 aromatic rings. The summed E-state index contributed by atoms with van der Waals surface area (Å²) in [5.41, 5.74) is 12.0. The second-order valence-electron chi connectivity index (χ2n) is 3.70. The van der Waals surface area contributed by atoms with E-state index in [9.17, 15) is 0 Å². The predicted octanol–water partition coefficient (Wildman–Crippen LogP) is 2.78. The van der Waals surface area contributed by atoms with Crippen LogP contribution in [-0.4, -0.2) is 15.0 Å². The maximum atomic E-state index is 6.08. The van der Waals surface area contributed by atoms with Gasteiger partial charge in [0, 0.05) is 15.8 Å². The molecule has 0 bridgehead atoms. The molecule has 5 nitrogen and oxygen atoms in total. The molecule has 0 aliphatic rings. The van der Waals surface area contributed by atoms with Crippen LogP contribution in [0.4, 0.5) is 11.9 Å². The summed E-state index contributed by atoms with van der Waals surface area (Å²) in [4.78, 5) is 11.7. The highest BCUT2D eigenvalue weighted by Gasteiger charge is 2.05. The molecule has 0 unspecified atom stereocenters. The quantitative estimate of drug-likeness (QED) is 0.901. The monoisotopic (exact) mass is 315 g/mol. The van der Waals surface area contributed by atoms with Crippen LogP contribution in [0.15, 0.2) is 18.2 Å². The fraction of sp³-hybridized carbons (Fsp3) is 0.182. The number of benzene rings is 1. The highest BCUT2D eigenvalue weighted by Crippen LogP contribution is 2.25. The van der Waals surface area contributed by atoms with Gasteiger partial charge in [0.1, 0.15) is 5.82 Å². The first-order valence-corrected chi connectivity index (χ1v) is 7.23. The minimum absolute atomic E-state index is 0.132. The number of hydrogen-bond donors (Lipinski definition) is 2. The summed E-state index contributed by atoms with van der Waals surface area (Å²) < 4.78 is 0. The Labute approximate surface area is 124 Å². The first-order chi connectivity index (χ1) is 9.04. The van der Waals surface area contributed by atoms with E-state index < -0.39 is 0 Å². The van der Waals surface area contributed by atoms with Gasteiger partial charge >= 0.3 is 0 Å². The molecule has 0 saturated carbocycles. The van der Waals surface area contributed by atoms with Crippen molar-refractivity contribution in [2.75, 3.05) is 11.5 Å². The van der Waals surface area contributed by atoms with Gasteiger partial charge in [0.05, 0.1) is 5.75 Å². The topological polar surface area (TPSA) is 90.7 Å². The zero-order valence-electron chi connectivity index (χ0n) is 9.81. The Morgan fingerprint density at radius 2 is 1.68 bits per heavy atom. The smallest absolute Gasteiger partial charge is 0.225 e. The van der Waals surface area contributed by atoms with Gasteiger partial charge in [0.15, 0.2) is 0 Å². The standard InChI is InChI=1S/C11H11Cl2N5S/c12-7-2-1-6(8(13)3-7)4-19-5-9-16-10(14)18-11(15)17-9/h1-3H,4-5H2,(H4,14,15,16,17,18). The zero-order chi connectivity index (χ0) is 13.8. The van der Waals surface area contributed by atoms with Crippen LogP contribution < -0.4 is 11.5 Å². The Balaban J connectivity index is 1.96. The van der Waals surface area contributed by atoms with E-state index in [4.69, 9.17) is 34.7 Å². The van der Waals surface area contributed by atoms with Gasteiger partial charge in [-0.25, -0.2) is 0 Å². The molecule has 1 aromatic carbocycles. The van der Waals surface area contributed by atoms with E-state index >= 15 is 0 Å². The molecule has 0 aliphatic carbocycles. The third-order valence-corrected chi connectivity index (χ3v) is 3.78. The summed E-state index contributed by atoms with van der Waals surface area (Å²) in [6, 6.07) is 5.42. The summed E-state index contributed by atoms with van der Waals surface area (Å²) in [7, 11) is 0. The van der Waals surface area contributed by atoms with Crippen molar-refractivity contribution in [3.63, 3.8) is 0 Å². The Kier molecular flexibility index (Phi) is 4.68. The maximum absolute atomic E-state index is 6.08. The molecule has 100 valence electrons. The van der Waals surface area contributed by atoms with E-state index in [1.165, 1.54) is 0 Å². The highest BCUT2D eigenvalue weighted by molar-refractivity contribution is 7.97. The number of anilines is 2. The number of nitrogens with two attached hydrogens (primary N) is 2. The van der Waals surface area contributed by atoms with Crippen molar-refractivity contribution < 1.29 is 0 Å². The maximum Gasteiger partial charge on any atom is 0.225 e. The molecule has 8 heteroatoms. The van der Waals surface area contributed by atoms with E-state index in [1.54, 1.807) is 17.8 Å². The predicted molar refractivity (Wildman–Crippen MR) is 80.1 cm³/mol. The van der Waals surface area contributed by atoms with Crippen LogP contribution in [0.5, 0.6) is 0 Å². The Bertz CT molecular complexity index is 573. The normalized spacial score (nSPS) is 10.6. The van der Waals surface area contributed by atoms with Gasteiger partial charge in [0.25, 0.3) is 0 Å². The van der Waals surface area contributed by atoms with E-state index in [0.29, 0.717) is 21.6 Å². The van der Waals surface area contributed by atoms with Crippen molar-refractivity contribution in [3.05, 3.63) is 39.6 Å². The average Bonchev–Trinajstić information content (AvgIpc) is 2.30. The van der Waals surface area contributed by atoms with Crippen molar-refractivity contribution in [1.82, 2.24) is 15.0 Å². The minimum Gasteiger partial charge on any atom is -0.368 e. The molecule has 4 N–H and O–H groups in total. The Morgan fingerprint density at radius 1 is 1.00 bits per heavy atom. The second kappa shape index (κ2) is 6.27. The van der Waals surface area contributed by atoms with Gasteiger partial charge in [0.2, 0.25) is 11.9 Å². The van der Waals surface area contributed by atoms with Crippen LogP contribution in [0.2, 0.25) is 10.0 Å². The van der Waals surface area contributed by atoms with Crippen LogP contribution in [0.1, 0.15) is 11.4 Å². The van der Waals surface area contributed by atoms with E-state index in [1.807, 2.05) is 12.1 Å². The zero-order valence-corrected chi connectivity index (χ0v) is 12.1. The largest absolute Gasteiger partial charge is 0.368 e. The molecule has 1 aromatic heterocycles. The van der Waals surface area contributed by atoms with Crippen LogP contribution >= 0.6 is 35.0 Å². The third kappa shape index (κ3) is 4.12. The minimum atomic E-state index is 0.132. The SMILES string of the molecule is Nc1nc(N)nc(CSCc2ccc(Cl)cc2Cl)n1. The van der Waals surface area contributed by atoms with Crippen LogP contribution in [0, 0.1) is 0 Å². The molecular formula is C11H11Cl2N5S. The number of hydrogen-bond acceptors (Lipinski definition) is 6. The van der Waals surface area contributed by atoms with Gasteiger partial charge in [-0.2, -0.15) is 15.0 Å². The molecule has 0 radical (unpaired) electrons. The van der Waals surface area contributed by atoms with Crippen molar-refractivity contribution >= 4 is 46.9 Å². The van der Waals surface area contributed by atoms with Crippen LogP contribution in [-0.2, 0) is 11.5 Å². The molecule has 0 saturated heterocycles. The van der Waals surface area contributed by atoms with E-state index in [-0.39, 0.29) is 11.9 Å². The van der Waals surface area contributed by atoms with Gasteiger partial charge in [-0.1, -0.05) is 29.3 Å². The van der Waals surface area contributed by atoms with Gasteiger partial charge in [-0.15, -0.1) is 11.8 Å². The summed E-state index contributed by atoms with van der Waals surface area (Å²) in [5, 5.41) is 1.27. The second-order valence-corrected chi connectivity index (χ2v) is 5.53. The molecule has 2 rings (SSSR count). The van der Waals surface area contributed by atoms with Gasteiger partial charge < -0.3 is 11.5 Å². The number of nitrogens with zero attached hydrogens (tertiary/aromatic N) is 3. The van der Waals surface area contributed by atoms with Crippen molar-refractivity contribution in [2.24, 2.45) is 0 Å². The summed E-state index contributed by atoms with van der Waals surface area (Å²) in [6.07, 6.45) is 0. The lowest BCUT2D eigenvalue weighted by atomic mass is 10.2. The van der Waals surface area contributed by atoms with Crippen LogP contribution in [0.25, 0.3) is 0 Å². The van der Waals surface area contributed by atoms with E-state index in [0.717, 1.165) is 11.3 Å². The summed E-state index contributed by atoms with van der Waals surface area (Å²) in [6.45, 7) is 0. The molecule has 1 heterocycles. The number of aromatic nitrogens is 3. The van der Waals surface area contributed by atoms with Crippen molar-refractivity contribution in [3.8, 4) is 0 Å². The number of rotatable bonds is 4. The summed E-state index contributed by atoms with van der Waals surface area (Å²) in [5.74, 6) is 2.12. The number of thioether (sulfide) groups is 1. The average molecular weight is 316 g/mol. The fourth-order valence-electron chi connectivity index (χ4n) is 1.41. The first kappa shape index (κ1) is 14.2. The molecule has 0 amide bonds.